The Morgan fingerprint density at radius 3 is 1.50 bits per heavy atom. The van der Waals surface area contributed by atoms with E-state index >= 15 is 0 Å². The van der Waals surface area contributed by atoms with Crippen molar-refractivity contribution in [3.8, 4) is 0 Å². The van der Waals surface area contributed by atoms with E-state index in [1.165, 1.54) is 0 Å². The Balaban J connectivity index is 0. The van der Waals surface area contributed by atoms with Gasteiger partial charge in [-0.05, 0) is 24.3 Å². The fourth-order valence-electron chi connectivity index (χ4n) is 1.01. The number of hydrogen-bond donors (Lipinski definition) is 5. The van der Waals surface area contributed by atoms with Crippen molar-refractivity contribution in [1.82, 2.24) is 10.6 Å². The molecule has 1 heterocycles. The number of aliphatic carboxylic acids is 1. The molecule has 0 unspecified atom stereocenters. The predicted molar refractivity (Wildman–Crippen MR) is 83.4 cm³/mol. The van der Waals surface area contributed by atoms with Crippen LogP contribution >= 0.6 is 0 Å². The molecule has 0 spiro atoms. The first kappa shape index (κ1) is 22.4. The fraction of sp³-hybridized carbons (Fsp3) is 0.167. The Labute approximate surface area is 156 Å². The van der Waals surface area contributed by atoms with Crippen molar-refractivity contribution < 1.29 is 24.3 Å². The number of rotatable bonds is 0. The molecule has 0 aliphatic carbocycles. The van der Waals surface area contributed by atoms with Gasteiger partial charge in [-0.3, -0.25) is 25.0 Å². The molecule has 0 atom stereocenters. The fourth-order valence-corrected chi connectivity index (χ4v) is 1.01. The van der Waals surface area contributed by atoms with E-state index < -0.39 is 23.8 Å². The molecule has 0 bridgehead atoms. The molecule has 9 nitrogen and oxygen atoms in total. The molecule has 10 heteroatoms. The number of anilines is 2. The second kappa shape index (κ2) is 11.8. The third kappa shape index (κ3) is 13.2. The number of carbonyl (C=O) groups excluding carboxylic acids is 3. The Morgan fingerprint density at radius 2 is 1.27 bits per heavy atom. The molecule has 1 aliphatic heterocycles. The Morgan fingerprint density at radius 1 is 1.00 bits per heavy atom. The zero-order chi connectivity index (χ0) is 16.4. The number of imide groups is 2. The minimum atomic E-state index is -0.833. The van der Waals surface area contributed by atoms with Gasteiger partial charge in [-0.2, -0.15) is 0 Å². The summed E-state index contributed by atoms with van der Waals surface area (Å²) in [5, 5.41) is 11.2. The van der Waals surface area contributed by atoms with Crippen LogP contribution in [0.2, 0.25) is 0 Å². The molecule has 0 saturated carbocycles. The summed E-state index contributed by atoms with van der Waals surface area (Å²) in [5.74, 6) is -1.94. The van der Waals surface area contributed by atoms with Gasteiger partial charge in [0, 0.05) is 18.3 Å². The van der Waals surface area contributed by atoms with E-state index in [9.17, 15) is 14.4 Å². The maximum absolute atomic E-state index is 10.3. The van der Waals surface area contributed by atoms with Crippen LogP contribution in [0.15, 0.2) is 24.3 Å². The van der Waals surface area contributed by atoms with Crippen molar-refractivity contribution in [2.75, 3.05) is 11.5 Å². The summed E-state index contributed by atoms with van der Waals surface area (Å²) in [5.41, 5.74) is 12.2. The van der Waals surface area contributed by atoms with Gasteiger partial charge in [0.05, 0.1) is 0 Å². The van der Waals surface area contributed by atoms with Crippen molar-refractivity contribution in [3.05, 3.63) is 24.3 Å². The molecule has 1 fully saturated rings. The van der Waals surface area contributed by atoms with Crippen molar-refractivity contribution in [3.63, 3.8) is 0 Å². The predicted octanol–water partition coefficient (Wildman–Crippen LogP) is -1.23. The van der Waals surface area contributed by atoms with Crippen LogP contribution in [-0.2, 0) is 14.4 Å². The average Bonchev–Trinajstić information content (AvgIpc) is 2.31. The van der Waals surface area contributed by atoms with Crippen LogP contribution in [-0.4, -0.2) is 66.7 Å². The Hall–Kier alpha value is -1.84. The molecular weight excluding hydrogens is 320 g/mol. The summed E-state index contributed by atoms with van der Waals surface area (Å²) >= 11 is 0. The van der Waals surface area contributed by atoms with E-state index in [1.807, 2.05) is 10.6 Å². The minimum absolute atomic E-state index is 0. The molecule has 22 heavy (non-hydrogen) atoms. The van der Waals surface area contributed by atoms with Gasteiger partial charge in [-0.15, -0.1) is 0 Å². The third-order valence-corrected chi connectivity index (χ3v) is 1.76. The van der Waals surface area contributed by atoms with E-state index in [0.717, 1.165) is 18.3 Å². The Bertz CT molecular complexity index is 463. The van der Waals surface area contributed by atoms with E-state index in [0.29, 0.717) is 0 Å². The molecule has 1 aliphatic rings. The van der Waals surface area contributed by atoms with Crippen LogP contribution in [0.3, 0.4) is 0 Å². The van der Waals surface area contributed by atoms with E-state index in [1.54, 1.807) is 24.3 Å². The molecule has 2 rings (SSSR count). The van der Waals surface area contributed by atoms with Crippen molar-refractivity contribution >= 4 is 72.9 Å². The van der Waals surface area contributed by atoms with Gasteiger partial charge < -0.3 is 16.6 Å². The molecule has 0 aromatic heterocycles. The van der Waals surface area contributed by atoms with E-state index in [2.05, 4.69) is 0 Å². The van der Waals surface area contributed by atoms with Crippen LogP contribution in [0.5, 0.6) is 0 Å². The molecule has 7 N–H and O–H groups in total. The van der Waals surface area contributed by atoms with Gasteiger partial charge in [0.15, 0.2) is 0 Å². The summed E-state index contributed by atoms with van der Waals surface area (Å²) in [7, 11) is 0. The summed E-state index contributed by atoms with van der Waals surface area (Å²) in [4.78, 5) is 39.8. The van der Waals surface area contributed by atoms with Crippen LogP contribution < -0.4 is 22.1 Å². The SMILES string of the molecule is CC(=O)O.Nc1ccc(N)cc1.O=C1CC(=O)NC(=O)N1.[CaH2]. The molecule has 4 amide bonds. The van der Waals surface area contributed by atoms with Crippen LogP contribution in [0, 0.1) is 0 Å². The zero-order valence-electron chi connectivity index (χ0n) is 11.3. The second-order valence-electron chi connectivity index (χ2n) is 3.79. The van der Waals surface area contributed by atoms with Gasteiger partial charge in [-0.25, -0.2) is 4.79 Å². The Kier molecular flexibility index (Phi) is 12.0. The van der Waals surface area contributed by atoms with Crippen LogP contribution in [0.25, 0.3) is 0 Å². The van der Waals surface area contributed by atoms with Gasteiger partial charge in [0.1, 0.15) is 6.42 Å². The van der Waals surface area contributed by atoms with E-state index in [-0.39, 0.29) is 44.2 Å². The van der Waals surface area contributed by atoms with Gasteiger partial charge >= 0.3 is 43.8 Å². The second-order valence-corrected chi connectivity index (χ2v) is 3.79. The normalized spacial score (nSPS) is 12.1. The number of urea groups is 1. The van der Waals surface area contributed by atoms with Crippen molar-refractivity contribution in [1.29, 1.82) is 0 Å². The van der Waals surface area contributed by atoms with Crippen molar-refractivity contribution in [2.45, 2.75) is 13.3 Å². The monoisotopic (exact) mass is 338 g/mol. The summed E-state index contributed by atoms with van der Waals surface area (Å²) in [6.45, 7) is 1.08. The maximum atomic E-state index is 10.3. The van der Waals surface area contributed by atoms with Gasteiger partial charge in [0.25, 0.3) is 5.97 Å². The molecule has 1 aromatic carbocycles. The van der Waals surface area contributed by atoms with Gasteiger partial charge in [0.2, 0.25) is 11.8 Å². The number of carboxylic acids is 1. The molecule has 0 radical (unpaired) electrons. The number of amides is 4. The zero-order valence-corrected chi connectivity index (χ0v) is 11.3. The molecule has 1 saturated heterocycles. The number of nitrogens with two attached hydrogens (primary N) is 2. The number of nitrogen functional groups attached to an aromatic ring is 2. The number of nitrogens with one attached hydrogen (secondary N) is 2. The third-order valence-electron chi connectivity index (χ3n) is 1.76. The topological polar surface area (TPSA) is 165 Å². The quantitative estimate of drug-likeness (QED) is 0.224. The van der Waals surface area contributed by atoms with Crippen LogP contribution in [0.4, 0.5) is 16.2 Å². The molecule has 118 valence electrons. The number of carboxylic acid groups (broad SMARTS) is 1. The average molecular weight is 338 g/mol. The van der Waals surface area contributed by atoms with Gasteiger partial charge in [-0.1, -0.05) is 0 Å². The summed E-state index contributed by atoms with van der Waals surface area (Å²) in [6, 6.07) is 6.35. The molecular formula is C12H18CaN4O5. The molecule has 1 aromatic rings. The first-order chi connectivity index (χ1) is 9.70. The number of carbonyl (C=O) groups is 4. The van der Waals surface area contributed by atoms with Crippen molar-refractivity contribution in [2.24, 2.45) is 0 Å². The first-order valence-electron chi connectivity index (χ1n) is 5.65. The number of barbiturate groups is 1. The first-order valence-corrected chi connectivity index (χ1v) is 5.65. The summed E-state index contributed by atoms with van der Waals surface area (Å²) < 4.78 is 0. The number of hydrogen-bond acceptors (Lipinski definition) is 6. The number of benzene rings is 1. The standard InChI is InChI=1S/C6H8N2.C4H4N2O3.C2H4O2.Ca.2H/c7-5-1-2-6(8)4-3-5;7-2-1-3(8)6-4(9)5-2;1-2(3)4;;;/h1-4H,7-8H2;1H2,(H2,5,6,7,8,9);1H3,(H,3,4);;;. The van der Waals surface area contributed by atoms with E-state index in [4.69, 9.17) is 21.4 Å². The summed E-state index contributed by atoms with van der Waals surface area (Å²) in [6.07, 6.45) is -0.258. The van der Waals surface area contributed by atoms with Crippen LogP contribution in [0.1, 0.15) is 13.3 Å².